The predicted octanol–water partition coefficient (Wildman–Crippen LogP) is 1.74. The van der Waals surface area contributed by atoms with E-state index in [1.54, 1.807) is 0 Å². The maximum absolute atomic E-state index is 5.49. The van der Waals surface area contributed by atoms with Crippen molar-refractivity contribution in [3.8, 4) is 0 Å². The molecule has 3 rings (SSSR count). The fourth-order valence-electron chi connectivity index (χ4n) is 1.79. The van der Waals surface area contributed by atoms with E-state index in [2.05, 4.69) is 6.58 Å². The second-order valence-electron chi connectivity index (χ2n) is 3.13. The van der Waals surface area contributed by atoms with Gasteiger partial charge in [0.1, 0.15) is 0 Å². The predicted molar refractivity (Wildman–Crippen MR) is 36.2 cm³/mol. The smallest absolute Gasteiger partial charge is 0.0782 e. The monoisotopic (exact) mass is 124 g/mol. The average molecular weight is 124 g/mol. The van der Waals surface area contributed by atoms with Crippen molar-refractivity contribution in [3.63, 3.8) is 0 Å². The lowest BCUT2D eigenvalue weighted by molar-refractivity contribution is -0.0255. The van der Waals surface area contributed by atoms with Crippen LogP contribution in [-0.2, 0) is 4.74 Å². The van der Waals surface area contributed by atoms with Crippen molar-refractivity contribution in [2.45, 2.75) is 25.4 Å². The molecule has 9 heavy (non-hydrogen) atoms. The van der Waals surface area contributed by atoms with Crippen molar-refractivity contribution in [1.29, 1.82) is 0 Å². The lowest BCUT2D eigenvalue weighted by Crippen LogP contribution is -2.34. The summed E-state index contributed by atoms with van der Waals surface area (Å²) in [6, 6.07) is 0. The first-order valence-corrected chi connectivity index (χ1v) is 3.65. The maximum atomic E-state index is 5.49. The number of rotatable bonds is 0. The van der Waals surface area contributed by atoms with Crippen molar-refractivity contribution in [3.05, 3.63) is 12.2 Å². The van der Waals surface area contributed by atoms with Crippen molar-refractivity contribution in [2.75, 3.05) is 6.61 Å². The Hall–Kier alpha value is -0.300. The molecular formula is C8H12O. The second kappa shape index (κ2) is 1.84. The molecule has 1 heteroatoms. The second-order valence-corrected chi connectivity index (χ2v) is 3.13. The van der Waals surface area contributed by atoms with Gasteiger partial charge in [0.2, 0.25) is 0 Å². The molecule has 0 amide bonds. The number of fused-ring (bicyclic) bond motifs is 3. The minimum atomic E-state index is 0.426. The number of ether oxygens (including phenoxy) is 1. The molecule has 50 valence electrons. The van der Waals surface area contributed by atoms with Crippen molar-refractivity contribution >= 4 is 0 Å². The van der Waals surface area contributed by atoms with E-state index < -0.39 is 0 Å². The zero-order chi connectivity index (χ0) is 6.27. The molecule has 0 aromatic carbocycles. The maximum Gasteiger partial charge on any atom is 0.0782 e. The van der Waals surface area contributed by atoms with Crippen LogP contribution in [0, 0.1) is 5.92 Å². The first-order chi connectivity index (χ1) is 4.36. The first kappa shape index (κ1) is 5.48. The normalized spacial score (nSPS) is 41.6. The Bertz CT molecular complexity index is 132. The number of hydrogen-bond donors (Lipinski definition) is 0. The average Bonchev–Trinajstić information content (AvgIpc) is 1.90. The highest BCUT2D eigenvalue weighted by atomic mass is 16.5. The molecule has 1 nitrogen and oxygen atoms in total. The van der Waals surface area contributed by atoms with Gasteiger partial charge in [-0.2, -0.15) is 0 Å². The van der Waals surface area contributed by atoms with Gasteiger partial charge in [0, 0.05) is 0 Å². The Labute approximate surface area is 55.7 Å². The van der Waals surface area contributed by atoms with Crippen LogP contribution in [-0.4, -0.2) is 12.7 Å². The topological polar surface area (TPSA) is 9.23 Å². The van der Waals surface area contributed by atoms with Gasteiger partial charge in [0.15, 0.2) is 0 Å². The molecule has 0 radical (unpaired) electrons. The fourth-order valence-corrected chi connectivity index (χ4v) is 1.79. The van der Waals surface area contributed by atoms with Crippen LogP contribution < -0.4 is 0 Å². The van der Waals surface area contributed by atoms with Crippen molar-refractivity contribution in [1.82, 2.24) is 0 Å². The summed E-state index contributed by atoms with van der Waals surface area (Å²) in [5.74, 6) is 0.808. The van der Waals surface area contributed by atoms with Gasteiger partial charge in [-0.3, -0.25) is 0 Å². The largest absolute Gasteiger partial charge is 0.374 e. The summed E-state index contributed by atoms with van der Waals surface area (Å²) in [6.45, 7) is 4.96. The third-order valence-electron chi connectivity index (χ3n) is 2.38. The molecule has 3 aliphatic rings. The summed E-state index contributed by atoms with van der Waals surface area (Å²) >= 11 is 0. The lowest BCUT2D eigenvalue weighted by atomic mass is 9.82. The zero-order valence-corrected chi connectivity index (χ0v) is 5.60. The molecule has 0 aromatic heterocycles. The highest BCUT2D eigenvalue weighted by molar-refractivity contribution is 5.09. The Balaban J connectivity index is 2.15. The van der Waals surface area contributed by atoms with Crippen LogP contribution in [0.4, 0.5) is 0 Å². The quantitative estimate of drug-likeness (QED) is 0.447. The van der Waals surface area contributed by atoms with Gasteiger partial charge in [-0.15, -0.1) is 0 Å². The van der Waals surface area contributed by atoms with Crippen LogP contribution >= 0.6 is 0 Å². The van der Waals surface area contributed by atoms with Gasteiger partial charge >= 0.3 is 0 Å². The first-order valence-electron chi connectivity index (χ1n) is 3.65. The van der Waals surface area contributed by atoms with Crippen molar-refractivity contribution in [2.24, 2.45) is 5.92 Å². The van der Waals surface area contributed by atoms with Gasteiger partial charge in [0.05, 0.1) is 12.7 Å². The number of hydrogen-bond acceptors (Lipinski definition) is 1. The zero-order valence-electron chi connectivity index (χ0n) is 5.60. The van der Waals surface area contributed by atoms with Gasteiger partial charge in [-0.25, -0.2) is 0 Å². The molecule has 2 saturated heterocycles. The van der Waals surface area contributed by atoms with E-state index in [0.29, 0.717) is 6.10 Å². The van der Waals surface area contributed by atoms with Crippen LogP contribution in [0.3, 0.4) is 0 Å². The molecule has 3 fully saturated rings. The summed E-state index contributed by atoms with van der Waals surface area (Å²) in [4.78, 5) is 0. The van der Waals surface area contributed by atoms with Crippen LogP contribution in [0.1, 0.15) is 19.3 Å². The Morgan fingerprint density at radius 2 is 2.33 bits per heavy atom. The molecule has 2 bridgehead atoms. The molecule has 1 saturated carbocycles. The highest BCUT2D eigenvalue weighted by Gasteiger charge is 2.30. The molecule has 0 N–H and O–H groups in total. The molecule has 1 aliphatic carbocycles. The van der Waals surface area contributed by atoms with Crippen LogP contribution in [0.15, 0.2) is 12.2 Å². The van der Waals surface area contributed by atoms with Crippen LogP contribution in [0.5, 0.6) is 0 Å². The lowest BCUT2D eigenvalue weighted by Gasteiger charge is -2.37. The summed E-state index contributed by atoms with van der Waals surface area (Å²) in [5.41, 5.74) is 1.33. The minimum Gasteiger partial charge on any atom is -0.374 e. The Morgan fingerprint density at radius 1 is 1.44 bits per heavy atom. The summed E-state index contributed by atoms with van der Waals surface area (Å²) in [6.07, 6.45) is 4.24. The van der Waals surface area contributed by atoms with E-state index in [-0.39, 0.29) is 0 Å². The van der Waals surface area contributed by atoms with E-state index in [1.165, 1.54) is 24.8 Å². The molecule has 2 aliphatic heterocycles. The summed E-state index contributed by atoms with van der Waals surface area (Å²) in [7, 11) is 0. The van der Waals surface area contributed by atoms with E-state index in [9.17, 15) is 0 Å². The molecule has 2 heterocycles. The Kier molecular flexibility index (Phi) is 1.12. The van der Waals surface area contributed by atoms with Crippen molar-refractivity contribution < 1.29 is 4.74 Å². The fraction of sp³-hybridized carbons (Fsp3) is 0.750. The van der Waals surface area contributed by atoms with Gasteiger partial charge in [-0.05, 0) is 30.8 Å². The summed E-state index contributed by atoms with van der Waals surface area (Å²) < 4.78 is 5.49. The van der Waals surface area contributed by atoms with Gasteiger partial charge < -0.3 is 4.74 Å². The van der Waals surface area contributed by atoms with Gasteiger partial charge in [0.25, 0.3) is 0 Å². The van der Waals surface area contributed by atoms with E-state index in [0.717, 1.165) is 12.5 Å². The molecule has 2 atom stereocenters. The molecule has 0 spiro atoms. The van der Waals surface area contributed by atoms with Gasteiger partial charge in [-0.1, -0.05) is 6.58 Å². The third kappa shape index (κ3) is 0.799. The third-order valence-corrected chi connectivity index (χ3v) is 2.38. The SMILES string of the molecule is C=C1CC2CCC1OC2. The standard InChI is InChI=1S/C8H12O/c1-6-4-7-2-3-8(6)9-5-7/h7-8H,1-5H2. The van der Waals surface area contributed by atoms with E-state index in [4.69, 9.17) is 4.74 Å². The highest BCUT2D eigenvalue weighted by Crippen LogP contribution is 2.35. The van der Waals surface area contributed by atoms with Crippen LogP contribution in [0.25, 0.3) is 0 Å². The molecule has 2 unspecified atom stereocenters. The van der Waals surface area contributed by atoms with E-state index in [1.807, 2.05) is 0 Å². The Morgan fingerprint density at radius 3 is 2.56 bits per heavy atom. The van der Waals surface area contributed by atoms with Crippen LogP contribution in [0.2, 0.25) is 0 Å². The molecular weight excluding hydrogens is 112 g/mol. The van der Waals surface area contributed by atoms with E-state index >= 15 is 0 Å². The molecule has 0 aromatic rings. The summed E-state index contributed by atoms with van der Waals surface area (Å²) in [5, 5.41) is 0. The minimum absolute atomic E-state index is 0.426.